The lowest BCUT2D eigenvalue weighted by Crippen LogP contribution is -2.27. The standard InChI is InChI=1S/C26H20BrNO6S/c1-32-20-10-6-18(7-11-20)25(30)34-21-12-5-17(13-22(21)33-2)14-23-24(29)28(26(31)35-23)15-16-3-8-19(27)9-4-16/h3-14H,15H2,1-2H3/b23-14-. The summed E-state index contributed by atoms with van der Waals surface area (Å²) in [7, 11) is 3.00. The van der Waals surface area contributed by atoms with E-state index in [1.54, 1.807) is 55.7 Å². The Bertz CT molecular complexity index is 1300. The highest BCUT2D eigenvalue weighted by Gasteiger charge is 2.35. The maximum Gasteiger partial charge on any atom is 0.343 e. The van der Waals surface area contributed by atoms with E-state index >= 15 is 0 Å². The molecule has 178 valence electrons. The van der Waals surface area contributed by atoms with E-state index in [0.717, 1.165) is 21.8 Å². The molecule has 1 aliphatic heterocycles. The first-order valence-corrected chi connectivity index (χ1v) is 12.0. The van der Waals surface area contributed by atoms with Gasteiger partial charge in [0, 0.05) is 4.47 Å². The van der Waals surface area contributed by atoms with E-state index in [4.69, 9.17) is 14.2 Å². The molecule has 0 radical (unpaired) electrons. The third-order valence-corrected chi connectivity index (χ3v) is 6.58. The van der Waals surface area contributed by atoms with Crippen molar-refractivity contribution in [3.63, 3.8) is 0 Å². The van der Waals surface area contributed by atoms with Crippen molar-refractivity contribution >= 4 is 50.9 Å². The molecule has 2 amide bonds. The molecule has 1 fully saturated rings. The first-order valence-electron chi connectivity index (χ1n) is 10.4. The van der Waals surface area contributed by atoms with Gasteiger partial charge in [-0.05, 0) is 77.5 Å². The Morgan fingerprint density at radius 1 is 0.943 bits per heavy atom. The number of hydrogen-bond donors (Lipinski definition) is 0. The fourth-order valence-corrected chi connectivity index (χ4v) is 4.41. The number of ether oxygens (including phenoxy) is 3. The highest BCUT2D eigenvalue weighted by Crippen LogP contribution is 2.35. The second kappa shape index (κ2) is 10.8. The Balaban J connectivity index is 1.49. The van der Waals surface area contributed by atoms with Crippen LogP contribution in [0.1, 0.15) is 21.5 Å². The van der Waals surface area contributed by atoms with Gasteiger partial charge in [0.15, 0.2) is 11.5 Å². The van der Waals surface area contributed by atoms with Crippen LogP contribution in [0.3, 0.4) is 0 Å². The molecule has 0 unspecified atom stereocenters. The van der Waals surface area contributed by atoms with Crippen molar-refractivity contribution in [3.05, 3.63) is 92.8 Å². The molecule has 9 heteroatoms. The Morgan fingerprint density at radius 2 is 1.66 bits per heavy atom. The number of benzene rings is 3. The van der Waals surface area contributed by atoms with Gasteiger partial charge >= 0.3 is 5.97 Å². The van der Waals surface area contributed by atoms with Gasteiger partial charge in [0.05, 0.1) is 31.2 Å². The third kappa shape index (κ3) is 5.75. The highest BCUT2D eigenvalue weighted by molar-refractivity contribution is 9.10. The lowest BCUT2D eigenvalue weighted by molar-refractivity contribution is -0.123. The van der Waals surface area contributed by atoms with Crippen molar-refractivity contribution in [2.75, 3.05) is 14.2 Å². The number of esters is 1. The number of amides is 2. The van der Waals surface area contributed by atoms with Gasteiger partial charge < -0.3 is 14.2 Å². The number of imide groups is 1. The lowest BCUT2D eigenvalue weighted by Gasteiger charge is -2.12. The molecule has 1 heterocycles. The van der Waals surface area contributed by atoms with Crippen LogP contribution in [0.2, 0.25) is 0 Å². The van der Waals surface area contributed by atoms with E-state index in [1.165, 1.54) is 12.0 Å². The van der Waals surface area contributed by atoms with Gasteiger partial charge in [0.25, 0.3) is 11.1 Å². The molecule has 1 saturated heterocycles. The molecular formula is C26H20BrNO6S. The average molecular weight is 554 g/mol. The Labute approximate surface area is 214 Å². The molecule has 0 spiro atoms. The fourth-order valence-electron chi connectivity index (χ4n) is 3.30. The summed E-state index contributed by atoms with van der Waals surface area (Å²) in [5.74, 6) is 0.262. The largest absolute Gasteiger partial charge is 0.497 e. The summed E-state index contributed by atoms with van der Waals surface area (Å²) >= 11 is 4.25. The molecule has 3 aromatic carbocycles. The predicted octanol–water partition coefficient (Wildman–Crippen LogP) is 5.92. The van der Waals surface area contributed by atoms with E-state index in [-0.39, 0.29) is 23.4 Å². The van der Waals surface area contributed by atoms with Crippen LogP contribution in [0, 0.1) is 0 Å². The molecule has 7 nitrogen and oxygen atoms in total. The number of carbonyl (C=O) groups is 3. The van der Waals surface area contributed by atoms with E-state index in [2.05, 4.69) is 15.9 Å². The molecule has 3 aromatic rings. The third-order valence-electron chi connectivity index (χ3n) is 5.14. The van der Waals surface area contributed by atoms with Crippen molar-refractivity contribution in [1.29, 1.82) is 0 Å². The van der Waals surface area contributed by atoms with Gasteiger partial charge in [0.1, 0.15) is 5.75 Å². The van der Waals surface area contributed by atoms with E-state index < -0.39 is 5.97 Å². The zero-order chi connectivity index (χ0) is 24.9. The molecule has 0 atom stereocenters. The molecule has 1 aliphatic rings. The quantitative estimate of drug-likeness (QED) is 0.204. The monoisotopic (exact) mass is 553 g/mol. The van der Waals surface area contributed by atoms with Crippen LogP contribution in [0.25, 0.3) is 6.08 Å². The zero-order valence-corrected chi connectivity index (χ0v) is 21.2. The smallest absolute Gasteiger partial charge is 0.343 e. The normalized spacial score (nSPS) is 14.4. The lowest BCUT2D eigenvalue weighted by atomic mass is 10.1. The number of hydrogen-bond acceptors (Lipinski definition) is 7. The van der Waals surface area contributed by atoms with Gasteiger partial charge in [-0.3, -0.25) is 14.5 Å². The number of halogens is 1. The minimum Gasteiger partial charge on any atom is -0.497 e. The summed E-state index contributed by atoms with van der Waals surface area (Å²) in [5.41, 5.74) is 1.83. The Hall–Kier alpha value is -3.56. The van der Waals surface area contributed by atoms with Crippen molar-refractivity contribution in [1.82, 2.24) is 4.90 Å². The average Bonchev–Trinajstić information content (AvgIpc) is 3.13. The number of thioether (sulfide) groups is 1. The number of methoxy groups -OCH3 is 2. The summed E-state index contributed by atoms with van der Waals surface area (Å²) in [6.45, 7) is 0.193. The van der Waals surface area contributed by atoms with Crippen molar-refractivity contribution in [2.45, 2.75) is 6.54 Å². The van der Waals surface area contributed by atoms with Gasteiger partial charge in [-0.15, -0.1) is 0 Å². The number of nitrogens with zero attached hydrogens (tertiary/aromatic N) is 1. The van der Waals surface area contributed by atoms with E-state index in [9.17, 15) is 14.4 Å². The molecule has 0 aromatic heterocycles. The highest BCUT2D eigenvalue weighted by atomic mass is 79.9. The van der Waals surface area contributed by atoms with Crippen LogP contribution in [0.4, 0.5) is 4.79 Å². The maximum atomic E-state index is 12.9. The first kappa shape index (κ1) is 24.6. The summed E-state index contributed by atoms with van der Waals surface area (Å²) in [4.78, 5) is 39.3. The molecule has 0 aliphatic carbocycles. The van der Waals surface area contributed by atoms with Gasteiger partial charge in [-0.2, -0.15) is 0 Å². The van der Waals surface area contributed by atoms with E-state index in [0.29, 0.717) is 27.5 Å². The zero-order valence-electron chi connectivity index (χ0n) is 18.8. The number of rotatable bonds is 7. The van der Waals surface area contributed by atoms with Crippen LogP contribution >= 0.6 is 27.7 Å². The van der Waals surface area contributed by atoms with Crippen LogP contribution in [0.5, 0.6) is 17.2 Å². The molecule has 35 heavy (non-hydrogen) atoms. The SMILES string of the molecule is COc1ccc(C(=O)Oc2ccc(/C=C3\SC(=O)N(Cc4ccc(Br)cc4)C3=O)cc2OC)cc1. The maximum absolute atomic E-state index is 12.9. The Morgan fingerprint density at radius 3 is 2.31 bits per heavy atom. The van der Waals surface area contributed by atoms with Crippen LogP contribution < -0.4 is 14.2 Å². The molecule has 0 bridgehead atoms. The van der Waals surface area contributed by atoms with Crippen LogP contribution in [0.15, 0.2) is 76.1 Å². The molecule has 0 saturated carbocycles. The first-order chi connectivity index (χ1) is 16.9. The van der Waals surface area contributed by atoms with Crippen molar-refractivity contribution < 1.29 is 28.6 Å². The molecule has 0 N–H and O–H groups in total. The van der Waals surface area contributed by atoms with Crippen LogP contribution in [-0.4, -0.2) is 36.2 Å². The molecule has 4 rings (SSSR count). The van der Waals surface area contributed by atoms with Gasteiger partial charge in [-0.25, -0.2) is 4.79 Å². The summed E-state index contributed by atoms with van der Waals surface area (Å²) in [5, 5.41) is -0.332. The van der Waals surface area contributed by atoms with Crippen LogP contribution in [-0.2, 0) is 11.3 Å². The van der Waals surface area contributed by atoms with Gasteiger partial charge in [-0.1, -0.05) is 34.1 Å². The summed E-state index contributed by atoms with van der Waals surface area (Å²) in [6.07, 6.45) is 1.62. The topological polar surface area (TPSA) is 82.1 Å². The predicted molar refractivity (Wildman–Crippen MR) is 137 cm³/mol. The fraction of sp³-hybridized carbons (Fsp3) is 0.115. The molecular weight excluding hydrogens is 534 g/mol. The second-order valence-corrected chi connectivity index (χ2v) is 9.33. The number of carbonyl (C=O) groups excluding carboxylic acids is 3. The summed E-state index contributed by atoms with van der Waals surface area (Å²) in [6, 6.07) is 18.9. The Kier molecular flexibility index (Phi) is 7.57. The second-order valence-electron chi connectivity index (χ2n) is 7.42. The minimum absolute atomic E-state index is 0.193. The van der Waals surface area contributed by atoms with Crippen molar-refractivity contribution in [2.24, 2.45) is 0 Å². The van der Waals surface area contributed by atoms with Crippen molar-refractivity contribution in [3.8, 4) is 17.2 Å². The summed E-state index contributed by atoms with van der Waals surface area (Å²) < 4.78 is 16.9. The minimum atomic E-state index is -0.548. The van der Waals surface area contributed by atoms with E-state index in [1.807, 2.05) is 24.3 Å². The van der Waals surface area contributed by atoms with Gasteiger partial charge in [0.2, 0.25) is 0 Å².